The summed E-state index contributed by atoms with van der Waals surface area (Å²) in [6.45, 7) is -2.95. The Morgan fingerprint density at radius 3 is 2.24 bits per heavy atom. The second kappa shape index (κ2) is 12.2. The average molecular weight is 630 g/mol. The van der Waals surface area contributed by atoms with Gasteiger partial charge in [0.15, 0.2) is 11.9 Å². The number of nitrogens with zero attached hydrogens (tertiary/aromatic N) is 3. The van der Waals surface area contributed by atoms with E-state index in [4.69, 9.17) is 11.6 Å². The molecule has 0 fully saturated rings. The predicted octanol–water partition coefficient (Wildman–Crippen LogP) is 2.71. The van der Waals surface area contributed by atoms with Crippen LogP contribution in [-0.4, -0.2) is 58.9 Å². The first-order chi connectivity index (χ1) is 18.9. The topological polar surface area (TPSA) is 135 Å². The third kappa shape index (κ3) is 8.54. The first kappa shape index (κ1) is 32.1. The summed E-state index contributed by atoms with van der Waals surface area (Å²) in [4.78, 5) is 25.9. The molecular formula is C23H22ClF6N5O5S. The summed E-state index contributed by atoms with van der Waals surface area (Å²) >= 11 is 5.83. The SMILES string of the molecule is CS(=O)(=O)NCC(NC(=O)Cn1nc(-c2ccc(Cl)cc2)n(C[C@H](O)C(F)(F)F)c1=O)c1ccccc1C(F)(F)F. The maximum Gasteiger partial charge on any atom is 0.416 e. The number of aromatic nitrogens is 3. The van der Waals surface area contributed by atoms with Gasteiger partial charge in [-0.1, -0.05) is 29.8 Å². The predicted molar refractivity (Wildman–Crippen MR) is 134 cm³/mol. The third-order valence-corrected chi connectivity index (χ3v) is 6.52. The molecule has 1 unspecified atom stereocenters. The number of halogens is 7. The molecule has 0 saturated carbocycles. The highest BCUT2D eigenvalue weighted by atomic mass is 35.5. The molecule has 0 aliphatic heterocycles. The van der Waals surface area contributed by atoms with Crippen LogP contribution in [0.1, 0.15) is 17.2 Å². The maximum absolute atomic E-state index is 13.6. The van der Waals surface area contributed by atoms with Crippen molar-refractivity contribution in [3.63, 3.8) is 0 Å². The minimum absolute atomic E-state index is 0.106. The van der Waals surface area contributed by atoms with Gasteiger partial charge >= 0.3 is 18.0 Å². The van der Waals surface area contributed by atoms with Crippen molar-refractivity contribution in [3.05, 3.63) is 75.2 Å². The highest BCUT2D eigenvalue weighted by Gasteiger charge is 2.39. The van der Waals surface area contributed by atoms with Gasteiger partial charge < -0.3 is 10.4 Å². The first-order valence-corrected chi connectivity index (χ1v) is 13.7. The van der Waals surface area contributed by atoms with E-state index in [0.717, 1.165) is 24.5 Å². The highest BCUT2D eigenvalue weighted by Crippen LogP contribution is 2.34. The number of aliphatic hydroxyl groups is 1. The molecule has 0 saturated heterocycles. The zero-order chi connectivity index (χ0) is 30.8. The van der Waals surface area contributed by atoms with Crippen molar-refractivity contribution in [3.8, 4) is 11.4 Å². The van der Waals surface area contributed by atoms with Crippen molar-refractivity contribution in [2.45, 2.75) is 37.6 Å². The van der Waals surface area contributed by atoms with E-state index >= 15 is 0 Å². The van der Waals surface area contributed by atoms with Crippen molar-refractivity contribution in [2.24, 2.45) is 0 Å². The van der Waals surface area contributed by atoms with Gasteiger partial charge in [-0.25, -0.2) is 22.6 Å². The molecule has 224 valence electrons. The van der Waals surface area contributed by atoms with Gasteiger partial charge in [-0.15, -0.1) is 5.10 Å². The lowest BCUT2D eigenvalue weighted by Gasteiger charge is -2.23. The molecule has 3 rings (SSSR count). The average Bonchev–Trinajstić information content (AvgIpc) is 3.15. The lowest BCUT2D eigenvalue weighted by atomic mass is 10.00. The number of amides is 1. The Balaban J connectivity index is 1.98. The zero-order valence-corrected chi connectivity index (χ0v) is 22.4. The Morgan fingerprint density at radius 1 is 1.07 bits per heavy atom. The van der Waals surface area contributed by atoms with Crippen LogP contribution in [-0.2, 0) is 34.1 Å². The fraction of sp³-hybridized carbons (Fsp3) is 0.348. The van der Waals surface area contributed by atoms with Crippen LogP contribution in [0.3, 0.4) is 0 Å². The van der Waals surface area contributed by atoms with Gasteiger partial charge in [0.25, 0.3) is 0 Å². The number of nitrogens with one attached hydrogen (secondary N) is 2. The largest absolute Gasteiger partial charge is 0.416 e. The van der Waals surface area contributed by atoms with Gasteiger partial charge in [-0.3, -0.25) is 9.36 Å². The summed E-state index contributed by atoms with van der Waals surface area (Å²) < 4.78 is 106. The van der Waals surface area contributed by atoms with Gasteiger partial charge in [0.1, 0.15) is 6.54 Å². The Morgan fingerprint density at radius 2 is 1.68 bits per heavy atom. The van der Waals surface area contributed by atoms with Crippen LogP contribution in [0.4, 0.5) is 26.3 Å². The molecule has 0 spiro atoms. The normalized spacial score (nSPS) is 14.1. The summed E-state index contributed by atoms with van der Waals surface area (Å²) in [5.41, 5.74) is -2.78. The number of alkyl halides is 6. The Labute approximate surface area is 233 Å². The second-order valence-electron chi connectivity index (χ2n) is 8.76. The molecule has 18 heteroatoms. The van der Waals surface area contributed by atoms with Crippen molar-refractivity contribution < 1.29 is 44.7 Å². The molecule has 1 aromatic heterocycles. The van der Waals surface area contributed by atoms with Crippen LogP contribution in [0.2, 0.25) is 5.02 Å². The molecule has 0 aliphatic rings. The molecule has 0 aliphatic carbocycles. The minimum atomic E-state index is -5.10. The molecule has 0 radical (unpaired) electrons. The number of rotatable bonds is 10. The van der Waals surface area contributed by atoms with Crippen molar-refractivity contribution >= 4 is 27.5 Å². The molecule has 3 N–H and O–H groups in total. The van der Waals surface area contributed by atoms with Gasteiger partial charge in [0, 0.05) is 17.1 Å². The second-order valence-corrected chi connectivity index (χ2v) is 11.0. The summed E-state index contributed by atoms with van der Waals surface area (Å²) in [7, 11) is -3.91. The van der Waals surface area contributed by atoms with Gasteiger partial charge in [-0.05, 0) is 35.9 Å². The van der Waals surface area contributed by atoms with E-state index in [2.05, 4.69) is 10.4 Å². The van der Waals surface area contributed by atoms with Crippen LogP contribution in [0, 0.1) is 0 Å². The van der Waals surface area contributed by atoms with Gasteiger partial charge in [0.05, 0.1) is 24.4 Å². The fourth-order valence-electron chi connectivity index (χ4n) is 3.71. The number of sulfonamides is 1. The van der Waals surface area contributed by atoms with E-state index in [9.17, 15) is 49.5 Å². The molecule has 0 bridgehead atoms. The molecule has 2 atom stereocenters. The van der Waals surface area contributed by atoms with Crippen molar-refractivity contribution in [1.82, 2.24) is 24.4 Å². The maximum atomic E-state index is 13.6. The number of hydrogen-bond acceptors (Lipinski definition) is 6. The molecule has 1 amide bonds. The number of carbonyl (C=O) groups is 1. The summed E-state index contributed by atoms with van der Waals surface area (Å²) in [5.74, 6) is -1.48. The molecular weight excluding hydrogens is 608 g/mol. The third-order valence-electron chi connectivity index (χ3n) is 5.58. The van der Waals surface area contributed by atoms with Crippen LogP contribution in [0.5, 0.6) is 0 Å². The Hall–Kier alpha value is -3.41. The summed E-state index contributed by atoms with van der Waals surface area (Å²) in [6, 6.07) is 7.87. The zero-order valence-electron chi connectivity index (χ0n) is 20.9. The molecule has 1 heterocycles. The lowest BCUT2D eigenvalue weighted by Crippen LogP contribution is -2.41. The quantitative estimate of drug-likeness (QED) is 0.295. The summed E-state index contributed by atoms with van der Waals surface area (Å²) in [6.07, 6.45) is -12.2. The smallest absolute Gasteiger partial charge is 0.382 e. The van der Waals surface area contributed by atoms with Crippen molar-refractivity contribution in [1.29, 1.82) is 0 Å². The van der Waals surface area contributed by atoms with E-state index in [-0.39, 0.29) is 16.4 Å². The van der Waals surface area contributed by atoms with Crippen LogP contribution >= 0.6 is 11.6 Å². The van der Waals surface area contributed by atoms with E-state index in [1.54, 1.807) is 0 Å². The lowest BCUT2D eigenvalue weighted by molar-refractivity contribution is -0.207. The van der Waals surface area contributed by atoms with Crippen LogP contribution in [0.25, 0.3) is 11.4 Å². The number of hydrogen-bond donors (Lipinski definition) is 3. The molecule has 10 nitrogen and oxygen atoms in total. The molecule has 3 aromatic rings. The number of carbonyl (C=O) groups excluding carboxylic acids is 1. The minimum Gasteiger partial charge on any atom is -0.382 e. The van der Waals surface area contributed by atoms with E-state index in [1.807, 2.05) is 4.72 Å². The molecule has 41 heavy (non-hydrogen) atoms. The number of benzene rings is 2. The van der Waals surface area contributed by atoms with Crippen molar-refractivity contribution in [2.75, 3.05) is 12.8 Å². The van der Waals surface area contributed by atoms with E-state index in [1.165, 1.54) is 30.3 Å². The Bertz CT molecular complexity index is 1550. The van der Waals surface area contributed by atoms with Gasteiger partial charge in [-0.2, -0.15) is 26.3 Å². The Kier molecular flexibility index (Phi) is 9.57. The molecule has 2 aromatic carbocycles. The van der Waals surface area contributed by atoms with Gasteiger partial charge in [0.2, 0.25) is 15.9 Å². The van der Waals surface area contributed by atoms with E-state index in [0.29, 0.717) is 9.25 Å². The first-order valence-electron chi connectivity index (χ1n) is 11.5. The highest BCUT2D eigenvalue weighted by molar-refractivity contribution is 7.88. The monoisotopic (exact) mass is 629 g/mol. The summed E-state index contributed by atoms with van der Waals surface area (Å²) in [5, 5.41) is 15.9. The fourth-order valence-corrected chi connectivity index (χ4v) is 4.30. The van der Waals surface area contributed by atoms with Crippen LogP contribution < -0.4 is 15.7 Å². The number of aliphatic hydroxyl groups excluding tert-OH is 1. The van der Waals surface area contributed by atoms with E-state index < -0.39 is 76.9 Å². The van der Waals surface area contributed by atoms with Crippen LogP contribution in [0.15, 0.2) is 53.3 Å². The standard InChI is InChI=1S/C23H22ClF6N5O5S/c1-41(39,40)31-10-17(15-4-2-3-5-16(15)22(25,26)27)32-19(37)12-35-21(38)34(11-18(36)23(28,29)30)20(33-35)13-6-8-14(24)9-7-13/h2-9,17-18,31,36H,10-12H2,1H3,(H,32,37)/t17?,18-/m0/s1.